The molecule has 1 aromatic carbocycles. The van der Waals surface area contributed by atoms with E-state index in [0.717, 1.165) is 69.6 Å². The van der Waals surface area contributed by atoms with E-state index in [2.05, 4.69) is 45.3 Å². The molecule has 214 valence electrons. The average Bonchev–Trinajstić information content (AvgIpc) is 3.61. The minimum atomic E-state index is -0.133. The number of thiophene rings is 1. The van der Waals surface area contributed by atoms with Crippen molar-refractivity contribution >= 4 is 28.0 Å². The molecule has 1 aliphatic carbocycles. The smallest absolute Gasteiger partial charge is 0.326 e. The second-order valence-corrected chi connectivity index (χ2v) is 13.7. The van der Waals surface area contributed by atoms with Crippen LogP contribution < -0.4 is 25.6 Å². The molecule has 0 saturated carbocycles. The number of nitrogens with two attached hydrogens (primary N) is 1. The zero-order valence-corrected chi connectivity index (χ0v) is 24.5. The molecule has 3 saturated heterocycles. The lowest BCUT2D eigenvalue weighted by Crippen LogP contribution is -2.59. The fraction of sp³-hybridized carbons (Fsp3) is 0.484. The number of hydrogen-bond acceptors (Lipinski definition) is 11. The van der Waals surface area contributed by atoms with E-state index in [1.165, 1.54) is 16.0 Å². The zero-order valence-electron chi connectivity index (χ0n) is 23.7. The second kappa shape index (κ2) is 9.56. The van der Waals surface area contributed by atoms with Crippen molar-refractivity contribution in [3.63, 3.8) is 0 Å². The molecule has 0 amide bonds. The molecular formula is C31H33N9OS. The van der Waals surface area contributed by atoms with Gasteiger partial charge >= 0.3 is 6.01 Å². The van der Waals surface area contributed by atoms with E-state index < -0.39 is 0 Å². The van der Waals surface area contributed by atoms with E-state index in [9.17, 15) is 10.5 Å². The molecule has 2 atom stereocenters. The molecule has 4 aliphatic heterocycles. The SMILES string of the molecule is CN1CCc2c(cccc2Oc2nc(N3C[C@H]4CC[C@@H](C3)N4)c(C#N)c(N3CC4(CCc5sc(N)c(C#N)c54)C3)n2)C1. The maximum Gasteiger partial charge on any atom is 0.326 e. The highest BCUT2D eigenvalue weighted by molar-refractivity contribution is 7.16. The summed E-state index contributed by atoms with van der Waals surface area (Å²) in [5.41, 5.74) is 10.8. The highest BCUT2D eigenvalue weighted by Crippen LogP contribution is 2.53. The summed E-state index contributed by atoms with van der Waals surface area (Å²) in [6.07, 6.45) is 5.09. The molecule has 11 heteroatoms. The highest BCUT2D eigenvalue weighted by Gasteiger charge is 2.52. The van der Waals surface area contributed by atoms with Crippen LogP contribution in [0.4, 0.5) is 16.6 Å². The minimum Gasteiger partial charge on any atom is -0.424 e. The van der Waals surface area contributed by atoms with Crippen molar-refractivity contribution in [1.82, 2.24) is 20.2 Å². The Hall–Kier alpha value is -3.90. The molecule has 6 heterocycles. The molecule has 0 radical (unpaired) electrons. The van der Waals surface area contributed by atoms with Gasteiger partial charge in [0.2, 0.25) is 0 Å². The first-order valence-electron chi connectivity index (χ1n) is 14.8. The molecule has 10 nitrogen and oxygen atoms in total. The van der Waals surface area contributed by atoms with Crippen molar-refractivity contribution in [2.24, 2.45) is 0 Å². The van der Waals surface area contributed by atoms with Crippen LogP contribution in [0.15, 0.2) is 18.2 Å². The molecule has 8 rings (SSSR count). The van der Waals surface area contributed by atoms with Crippen LogP contribution in [0, 0.1) is 22.7 Å². The van der Waals surface area contributed by atoms with E-state index in [-0.39, 0.29) is 11.4 Å². The summed E-state index contributed by atoms with van der Waals surface area (Å²) in [4.78, 5) is 17.8. The van der Waals surface area contributed by atoms with Gasteiger partial charge in [0.05, 0.1) is 5.56 Å². The molecule has 2 aromatic heterocycles. The van der Waals surface area contributed by atoms with Gasteiger partial charge in [0.15, 0.2) is 11.6 Å². The van der Waals surface area contributed by atoms with E-state index in [4.69, 9.17) is 20.4 Å². The largest absolute Gasteiger partial charge is 0.424 e. The Labute approximate surface area is 249 Å². The van der Waals surface area contributed by atoms with Gasteiger partial charge in [-0.15, -0.1) is 11.3 Å². The van der Waals surface area contributed by atoms with Crippen LogP contribution in [-0.2, 0) is 24.8 Å². The number of aryl methyl sites for hydroxylation is 1. The minimum absolute atomic E-state index is 0.133. The van der Waals surface area contributed by atoms with Crippen LogP contribution in [-0.4, -0.2) is 66.7 Å². The lowest BCUT2D eigenvalue weighted by atomic mass is 9.74. The Bertz CT molecular complexity index is 1670. The number of rotatable bonds is 4. The maximum atomic E-state index is 10.5. The Kier molecular flexibility index (Phi) is 5.87. The maximum absolute atomic E-state index is 10.5. The van der Waals surface area contributed by atoms with Crippen LogP contribution in [0.5, 0.6) is 11.8 Å². The number of piperazine rings is 1. The van der Waals surface area contributed by atoms with Gasteiger partial charge in [-0.3, -0.25) is 0 Å². The fourth-order valence-electron chi connectivity index (χ4n) is 7.87. The molecule has 1 spiro atoms. The third-order valence-corrected chi connectivity index (χ3v) is 10.9. The first-order valence-corrected chi connectivity index (χ1v) is 15.6. The number of likely N-dealkylation sites (N-methyl/N-ethyl adjacent to an activating group) is 1. The summed E-state index contributed by atoms with van der Waals surface area (Å²) in [6.45, 7) is 4.85. The van der Waals surface area contributed by atoms with Gasteiger partial charge in [-0.25, -0.2) is 0 Å². The summed E-state index contributed by atoms with van der Waals surface area (Å²) in [7, 11) is 2.14. The Balaban J connectivity index is 1.18. The first-order chi connectivity index (χ1) is 20.4. The first kappa shape index (κ1) is 25.8. The normalized spacial score (nSPS) is 23.7. The van der Waals surface area contributed by atoms with Gasteiger partial charge in [0.25, 0.3) is 0 Å². The van der Waals surface area contributed by atoms with Crippen LogP contribution in [0.2, 0.25) is 0 Å². The van der Waals surface area contributed by atoms with Crippen molar-refractivity contribution in [3.8, 4) is 23.9 Å². The second-order valence-electron chi connectivity index (χ2n) is 12.6. The van der Waals surface area contributed by atoms with Crippen molar-refractivity contribution in [2.45, 2.75) is 56.1 Å². The van der Waals surface area contributed by atoms with E-state index in [1.807, 2.05) is 12.1 Å². The third-order valence-electron chi connectivity index (χ3n) is 9.86. The lowest BCUT2D eigenvalue weighted by molar-refractivity contribution is 0.307. The molecule has 0 unspecified atom stereocenters. The van der Waals surface area contributed by atoms with Crippen molar-refractivity contribution in [3.05, 3.63) is 50.9 Å². The van der Waals surface area contributed by atoms with Crippen molar-refractivity contribution < 1.29 is 4.74 Å². The molecule has 3 N–H and O–H groups in total. The number of hydrogen-bond donors (Lipinski definition) is 2. The summed E-state index contributed by atoms with van der Waals surface area (Å²) in [5.74, 6) is 2.06. The predicted molar refractivity (Wildman–Crippen MR) is 161 cm³/mol. The summed E-state index contributed by atoms with van der Waals surface area (Å²) >= 11 is 1.55. The van der Waals surface area contributed by atoms with E-state index in [1.54, 1.807) is 11.3 Å². The van der Waals surface area contributed by atoms with Gasteiger partial charge in [-0.05, 0) is 56.3 Å². The van der Waals surface area contributed by atoms with Crippen LogP contribution in [0.1, 0.15) is 52.0 Å². The number of ether oxygens (including phenoxy) is 1. The van der Waals surface area contributed by atoms with Gasteiger partial charge in [-0.2, -0.15) is 20.5 Å². The van der Waals surface area contributed by atoms with Crippen molar-refractivity contribution in [1.29, 1.82) is 10.5 Å². The number of nitrogen functional groups attached to an aromatic ring is 1. The molecule has 5 aliphatic rings. The number of aromatic nitrogens is 2. The molecule has 3 fully saturated rings. The average molecular weight is 580 g/mol. The molecule has 2 bridgehead atoms. The molecule has 42 heavy (non-hydrogen) atoms. The van der Waals surface area contributed by atoms with Crippen LogP contribution in [0.3, 0.4) is 0 Å². The van der Waals surface area contributed by atoms with E-state index >= 15 is 0 Å². The van der Waals surface area contributed by atoms with Crippen LogP contribution >= 0.6 is 11.3 Å². The van der Waals surface area contributed by atoms with Gasteiger partial charge in [0.1, 0.15) is 28.5 Å². The third kappa shape index (κ3) is 3.95. The Morgan fingerprint density at radius 2 is 1.79 bits per heavy atom. The van der Waals surface area contributed by atoms with Gasteiger partial charge in [-0.1, -0.05) is 12.1 Å². The number of fused-ring (bicyclic) bond motifs is 5. The van der Waals surface area contributed by atoms with Crippen molar-refractivity contribution in [2.75, 3.05) is 55.3 Å². The number of nitrogens with zero attached hydrogens (tertiary/aromatic N) is 7. The number of anilines is 3. The number of benzene rings is 1. The highest BCUT2D eigenvalue weighted by atomic mass is 32.1. The monoisotopic (exact) mass is 579 g/mol. The summed E-state index contributed by atoms with van der Waals surface area (Å²) in [6, 6.07) is 12.1. The standard InChI is InChI=1S/C31H33N9OS/c1-38-10-8-21-18(13-38)3-2-4-24(21)41-30-36-28(39-14-19-5-6-20(15-39)35-19)23(12-33)29(37-30)40-16-31(17-40)9-7-25-26(31)22(11-32)27(34)42-25/h2-4,19-20,35H,5-10,13-17,34H2,1H3/t19-,20+. The van der Waals surface area contributed by atoms with Gasteiger partial charge < -0.3 is 30.5 Å². The van der Waals surface area contributed by atoms with E-state index in [0.29, 0.717) is 52.9 Å². The van der Waals surface area contributed by atoms with Crippen LogP contribution in [0.25, 0.3) is 0 Å². The number of nitrogens with one attached hydrogen (secondary N) is 1. The number of nitriles is 2. The fourth-order valence-corrected chi connectivity index (χ4v) is 9.01. The Morgan fingerprint density at radius 3 is 2.52 bits per heavy atom. The zero-order chi connectivity index (χ0) is 28.6. The summed E-state index contributed by atoms with van der Waals surface area (Å²) in [5, 5.41) is 24.7. The molecular weight excluding hydrogens is 546 g/mol. The lowest BCUT2D eigenvalue weighted by Gasteiger charge is -2.49. The van der Waals surface area contributed by atoms with Gasteiger partial charge in [0, 0.05) is 67.2 Å². The summed E-state index contributed by atoms with van der Waals surface area (Å²) < 4.78 is 6.51. The Morgan fingerprint density at radius 1 is 1.05 bits per heavy atom. The quantitative estimate of drug-likeness (QED) is 0.475. The topological polar surface area (TPSA) is 130 Å². The molecule has 3 aromatic rings. The predicted octanol–water partition coefficient (Wildman–Crippen LogP) is 3.29.